The van der Waals surface area contributed by atoms with E-state index in [0.717, 1.165) is 4.90 Å². The van der Waals surface area contributed by atoms with Gasteiger partial charge in [-0.1, -0.05) is 12.1 Å². The Bertz CT molecular complexity index is 1040. The second-order valence-electron chi connectivity index (χ2n) is 6.29. The largest absolute Gasteiger partial charge is 0.459 e. The van der Waals surface area contributed by atoms with Gasteiger partial charge in [-0.2, -0.15) is 0 Å². The molecule has 0 atom stereocenters. The van der Waals surface area contributed by atoms with E-state index in [9.17, 15) is 18.8 Å². The fourth-order valence-electron chi connectivity index (χ4n) is 3.01. The lowest BCUT2D eigenvalue weighted by atomic mass is 10.1. The lowest BCUT2D eigenvalue weighted by molar-refractivity contribution is -0.121. The summed E-state index contributed by atoms with van der Waals surface area (Å²) in [6, 6.07) is 15.7. The van der Waals surface area contributed by atoms with Crippen molar-refractivity contribution < 1.29 is 23.2 Å². The summed E-state index contributed by atoms with van der Waals surface area (Å²) in [5.74, 6) is -0.732. The molecule has 0 spiro atoms. The van der Waals surface area contributed by atoms with Crippen molar-refractivity contribution in [2.75, 3.05) is 6.54 Å². The molecular weight excluding hydrogens is 363 g/mol. The average Bonchev–Trinajstić information content (AvgIpc) is 3.27. The molecule has 0 saturated heterocycles. The quantitative estimate of drug-likeness (QED) is 0.692. The first-order valence-electron chi connectivity index (χ1n) is 8.59. The highest BCUT2D eigenvalue weighted by Crippen LogP contribution is 2.23. The Hall–Kier alpha value is -3.74. The van der Waals surface area contributed by atoms with E-state index in [4.69, 9.17) is 4.42 Å². The van der Waals surface area contributed by atoms with Crippen LogP contribution in [0.3, 0.4) is 0 Å². The SMILES string of the molecule is O=C(CN1C(=O)c2ccccc2C1=O)NCc1ccc(-c2ccc(F)cc2)o1. The predicted octanol–water partition coefficient (Wildman–Crippen LogP) is 3.00. The third-order valence-corrected chi connectivity index (χ3v) is 4.43. The number of furan rings is 1. The van der Waals surface area contributed by atoms with Gasteiger partial charge in [-0.15, -0.1) is 0 Å². The fourth-order valence-corrected chi connectivity index (χ4v) is 3.01. The van der Waals surface area contributed by atoms with Crippen LogP contribution in [-0.4, -0.2) is 29.2 Å². The molecule has 0 fully saturated rings. The minimum Gasteiger partial charge on any atom is -0.459 e. The number of nitrogens with one attached hydrogen (secondary N) is 1. The van der Waals surface area contributed by atoms with Crippen LogP contribution in [0.4, 0.5) is 4.39 Å². The molecule has 0 unspecified atom stereocenters. The molecule has 2 heterocycles. The number of hydrogen-bond acceptors (Lipinski definition) is 4. The number of hydrogen-bond donors (Lipinski definition) is 1. The van der Waals surface area contributed by atoms with Gasteiger partial charge in [0.1, 0.15) is 23.9 Å². The monoisotopic (exact) mass is 378 g/mol. The Kier molecular flexibility index (Phi) is 4.49. The Labute approximate surface area is 159 Å². The molecule has 0 bridgehead atoms. The Balaban J connectivity index is 1.36. The molecule has 140 valence electrons. The van der Waals surface area contributed by atoms with E-state index in [0.29, 0.717) is 28.2 Å². The summed E-state index contributed by atoms with van der Waals surface area (Å²) in [4.78, 5) is 37.7. The molecule has 2 aromatic carbocycles. The molecule has 7 heteroatoms. The summed E-state index contributed by atoms with van der Waals surface area (Å²) in [5.41, 5.74) is 1.32. The van der Waals surface area contributed by atoms with Gasteiger partial charge in [-0.25, -0.2) is 4.39 Å². The maximum atomic E-state index is 13.0. The summed E-state index contributed by atoms with van der Waals surface area (Å²) in [5, 5.41) is 2.63. The first-order chi connectivity index (χ1) is 13.5. The molecule has 0 aliphatic carbocycles. The second kappa shape index (κ2) is 7.11. The number of carbonyl (C=O) groups is 3. The third-order valence-electron chi connectivity index (χ3n) is 4.43. The van der Waals surface area contributed by atoms with Crippen molar-refractivity contribution >= 4 is 17.7 Å². The zero-order valence-corrected chi connectivity index (χ0v) is 14.6. The highest BCUT2D eigenvalue weighted by molar-refractivity contribution is 6.22. The van der Waals surface area contributed by atoms with Crippen LogP contribution in [-0.2, 0) is 11.3 Å². The molecule has 0 saturated carbocycles. The smallest absolute Gasteiger partial charge is 0.262 e. The van der Waals surface area contributed by atoms with Crippen molar-refractivity contribution in [3.05, 3.63) is 83.4 Å². The van der Waals surface area contributed by atoms with Gasteiger partial charge in [0.25, 0.3) is 11.8 Å². The first kappa shape index (κ1) is 17.7. The minimum absolute atomic E-state index is 0.100. The number of nitrogens with zero attached hydrogens (tertiary/aromatic N) is 1. The van der Waals surface area contributed by atoms with Crippen molar-refractivity contribution in [2.24, 2.45) is 0 Å². The number of imide groups is 1. The molecule has 1 N–H and O–H groups in total. The number of rotatable bonds is 5. The van der Waals surface area contributed by atoms with Crippen LogP contribution < -0.4 is 5.32 Å². The van der Waals surface area contributed by atoms with Crippen LogP contribution in [0.1, 0.15) is 26.5 Å². The van der Waals surface area contributed by atoms with E-state index in [1.165, 1.54) is 12.1 Å². The van der Waals surface area contributed by atoms with Crippen LogP contribution in [0, 0.1) is 5.82 Å². The van der Waals surface area contributed by atoms with Crippen molar-refractivity contribution in [3.8, 4) is 11.3 Å². The van der Waals surface area contributed by atoms with Gasteiger partial charge in [0.15, 0.2) is 0 Å². The molecule has 4 rings (SSSR count). The molecule has 3 amide bonds. The number of fused-ring (bicyclic) bond motifs is 1. The van der Waals surface area contributed by atoms with Crippen LogP contribution in [0.25, 0.3) is 11.3 Å². The number of benzene rings is 2. The van der Waals surface area contributed by atoms with E-state index < -0.39 is 17.7 Å². The van der Waals surface area contributed by atoms with E-state index in [1.807, 2.05) is 0 Å². The van der Waals surface area contributed by atoms with Gasteiger partial charge in [-0.3, -0.25) is 19.3 Å². The average molecular weight is 378 g/mol. The normalized spacial score (nSPS) is 13.0. The maximum absolute atomic E-state index is 13.0. The standard InChI is InChI=1S/C21H15FN2O4/c22-14-7-5-13(6-8-14)18-10-9-15(28-18)11-23-19(25)12-24-20(26)16-3-1-2-4-17(16)21(24)27/h1-10H,11-12H2,(H,23,25). The van der Waals surface area contributed by atoms with Gasteiger partial charge in [0.2, 0.25) is 5.91 Å². The number of amides is 3. The highest BCUT2D eigenvalue weighted by atomic mass is 19.1. The molecule has 1 aliphatic heterocycles. The van der Waals surface area contributed by atoms with Gasteiger partial charge in [0.05, 0.1) is 17.7 Å². The lowest BCUT2D eigenvalue weighted by Gasteiger charge is -2.13. The fraction of sp³-hybridized carbons (Fsp3) is 0.0952. The molecule has 0 radical (unpaired) electrons. The zero-order valence-electron chi connectivity index (χ0n) is 14.6. The van der Waals surface area contributed by atoms with Crippen LogP contribution in [0.15, 0.2) is 65.1 Å². The molecule has 28 heavy (non-hydrogen) atoms. The van der Waals surface area contributed by atoms with Gasteiger partial charge < -0.3 is 9.73 Å². The summed E-state index contributed by atoms with van der Waals surface area (Å²) in [6.45, 7) is -0.263. The van der Waals surface area contributed by atoms with Crippen molar-refractivity contribution in [1.82, 2.24) is 10.2 Å². The summed E-state index contributed by atoms with van der Waals surface area (Å²) < 4.78 is 18.6. The van der Waals surface area contributed by atoms with Gasteiger partial charge >= 0.3 is 0 Å². The van der Waals surface area contributed by atoms with Gasteiger partial charge in [0, 0.05) is 5.56 Å². The van der Waals surface area contributed by atoms with Crippen molar-refractivity contribution in [2.45, 2.75) is 6.54 Å². The molecule has 6 nitrogen and oxygen atoms in total. The highest BCUT2D eigenvalue weighted by Gasteiger charge is 2.36. The van der Waals surface area contributed by atoms with Crippen molar-refractivity contribution in [1.29, 1.82) is 0 Å². The molecule has 3 aromatic rings. The van der Waals surface area contributed by atoms with Gasteiger partial charge in [-0.05, 0) is 48.5 Å². The molecular formula is C21H15FN2O4. The molecule has 1 aromatic heterocycles. The maximum Gasteiger partial charge on any atom is 0.262 e. The first-order valence-corrected chi connectivity index (χ1v) is 8.59. The Morgan fingerprint density at radius 1 is 0.929 bits per heavy atom. The van der Waals surface area contributed by atoms with E-state index in [2.05, 4.69) is 5.32 Å². The summed E-state index contributed by atoms with van der Waals surface area (Å²) in [6.07, 6.45) is 0. The van der Waals surface area contributed by atoms with E-state index >= 15 is 0 Å². The predicted molar refractivity (Wildman–Crippen MR) is 97.8 cm³/mol. The summed E-state index contributed by atoms with van der Waals surface area (Å²) >= 11 is 0. The third kappa shape index (κ3) is 3.29. The number of halogens is 1. The zero-order chi connectivity index (χ0) is 19.7. The van der Waals surface area contributed by atoms with E-state index in [1.54, 1.807) is 48.5 Å². The Morgan fingerprint density at radius 2 is 1.57 bits per heavy atom. The number of carbonyl (C=O) groups excluding carboxylic acids is 3. The van der Waals surface area contributed by atoms with Crippen molar-refractivity contribution in [3.63, 3.8) is 0 Å². The summed E-state index contributed by atoms with van der Waals surface area (Å²) in [7, 11) is 0. The minimum atomic E-state index is -0.479. The van der Waals surface area contributed by atoms with E-state index in [-0.39, 0.29) is 18.9 Å². The van der Waals surface area contributed by atoms with Crippen LogP contribution >= 0.6 is 0 Å². The Morgan fingerprint density at radius 3 is 2.21 bits per heavy atom. The molecule has 1 aliphatic rings. The second-order valence-corrected chi connectivity index (χ2v) is 6.29. The topological polar surface area (TPSA) is 79.6 Å². The van der Waals surface area contributed by atoms with Crippen LogP contribution in [0.5, 0.6) is 0 Å². The lowest BCUT2D eigenvalue weighted by Crippen LogP contribution is -2.40. The van der Waals surface area contributed by atoms with Crippen LogP contribution in [0.2, 0.25) is 0 Å².